The maximum atomic E-state index is 2.31. The quantitative estimate of drug-likeness (QED) is 0.521. The van der Waals surface area contributed by atoms with E-state index in [9.17, 15) is 0 Å². The molecule has 0 bridgehead atoms. The van der Waals surface area contributed by atoms with Crippen molar-refractivity contribution in [1.82, 2.24) is 0 Å². The van der Waals surface area contributed by atoms with Crippen LogP contribution < -0.4 is 0 Å². The smallest absolute Gasteiger partial charge is 0.00874 e. The first kappa shape index (κ1) is 10.3. The van der Waals surface area contributed by atoms with Gasteiger partial charge in [-0.15, -0.1) is 0 Å². The normalized spacial score (nSPS) is 28.5. The van der Waals surface area contributed by atoms with Crippen molar-refractivity contribution in [2.45, 2.75) is 34.6 Å². The average molecular weight is 176 g/mol. The van der Waals surface area contributed by atoms with Gasteiger partial charge in [-0.3, -0.25) is 0 Å². The predicted molar refractivity (Wildman–Crippen MR) is 59.6 cm³/mol. The third kappa shape index (κ3) is 2.12. The van der Waals surface area contributed by atoms with Crippen molar-refractivity contribution in [1.29, 1.82) is 0 Å². The lowest BCUT2D eigenvalue weighted by Gasteiger charge is -2.37. The standard InChI is InChI=1S/C13H20/c1-11-7-6-9-13(5,10-8-11)12(2,3)4/h6-10H,1-5H3. The molecule has 0 N–H and O–H groups in total. The van der Waals surface area contributed by atoms with Crippen LogP contribution in [0.15, 0.2) is 36.0 Å². The third-order valence-electron chi connectivity index (χ3n) is 3.11. The van der Waals surface area contributed by atoms with Crippen LogP contribution in [0, 0.1) is 10.8 Å². The molecule has 1 aliphatic rings. The van der Waals surface area contributed by atoms with Crippen LogP contribution in [0.3, 0.4) is 0 Å². The molecule has 0 heterocycles. The first-order valence-electron chi connectivity index (χ1n) is 4.90. The second-order valence-corrected chi connectivity index (χ2v) is 5.14. The van der Waals surface area contributed by atoms with E-state index in [1.807, 2.05) is 0 Å². The van der Waals surface area contributed by atoms with Gasteiger partial charge in [0, 0.05) is 5.41 Å². The van der Waals surface area contributed by atoms with Crippen LogP contribution in [0.25, 0.3) is 0 Å². The molecule has 0 aliphatic heterocycles. The third-order valence-corrected chi connectivity index (χ3v) is 3.11. The second-order valence-electron chi connectivity index (χ2n) is 5.14. The Hall–Kier alpha value is -0.780. The van der Waals surface area contributed by atoms with Gasteiger partial charge in [-0.05, 0) is 12.3 Å². The fourth-order valence-corrected chi connectivity index (χ4v) is 1.32. The minimum Gasteiger partial charge on any atom is -0.0743 e. The Balaban J connectivity index is 3.03. The SMILES string of the molecule is CC1=CC=CC(C)(C(C)(C)C)C=C1. The molecule has 0 aromatic heterocycles. The number of rotatable bonds is 0. The minimum atomic E-state index is 0.168. The van der Waals surface area contributed by atoms with E-state index in [0.29, 0.717) is 0 Å². The molecular formula is C13H20. The van der Waals surface area contributed by atoms with Crippen LogP contribution in [0.2, 0.25) is 0 Å². The minimum absolute atomic E-state index is 0.168. The van der Waals surface area contributed by atoms with Crippen molar-refractivity contribution >= 4 is 0 Å². The van der Waals surface area contributed by atoms with Crippen molar-refractivity contribution in [3.05, 3.63) is 36.0 Å². The maximum Gasteiger partial charge on any atom is 0.00874 e. The van der Waals surface area contributed by atoms with Gasteiger partial charge >= 0.3 is 0 Å². The molecule has 1 aliphatic carbocycles. The number of allylic oxidation sites excluding steroid dienone is 6. The first-order valence-corrected chi connectivity index (χ1v) is 4.90. The lowest BCUT2D eigenvalue weighted by Crippen LogP contribution is -2.28. The Bertz CT molecular complexity index is 271. The summed E-state index contributed by atoms with van der Waals surface area (Å²) in [5, 5.41) is 0. The van der Waals surface area contributed by atoms with Crippen LogP contribution in [0.1, 0.15) is 34.6 Å². The molecule has 1 atom stereocenters. The topological polar surface area (TPSA) is 0 Å². The molecule has 0 fully saturated rings. The van der Waals surface area contributed by atoms with Crippen molar-refractivity contribution in [3.63, 3.8) is 0 Å². The van der Waals surface area contributed by atoms with Gasteiger partial charge in [0.25, 0.3) is 0 Å². The van der Waals surface area contributed by atoms with Crippen molar-refractivity contribution < 1.29 is 0 Å². The molecule has 1 rings (SSSR count). The van der Waals surface area contributed by atoms with Gasteiger partial charge in [-0.2, -0.15) is 0 Å². The molecule has 13 heavy (non-hydrogen) atoms. The Morgan fingerprint density at radius 3 is 2.31 bits per heavy atom. The van der Waals surface area contributed by atoms with E-state index in [0.717, 1.165) is 0 Å². The fraction of sp³-hybridized carbons (Fsp3) is 0.538. The van der Waals surface area contributed by atoms with Crippen molar-refractivity contribution in [3.8, 4) is 0 Å². The molecule has 0 radical (unpaired) electrons. The zero-order chi connectivity index (χ0) is 10.1. The van der Waals surface area contributed by atoms with Crippen LogP contribution in [0.5, 0.6) is 0 Å². The molecule has 72 valence electrons. The monoisotopic (exact) mass is 176 g/mol. The maximum absolute atomic E-state index is 2.31. The zero-order valence-electron chi connectivity index (χ0n) is 9.39. The molecule has 0 heteroatoms. The van der Waals surface area contributed by atoms with Crippen LogP contribution in [0.4, 0.5) is 0 Å². The summed E-state index contributed by atoms with van der Waals surface area (Å²) in [6, 6.07) is 0. The van der Waals surface area contributed by atoms with E-state index in [2.05, 4.69) is 65.0 Å². The summed E-state index contributed by atoms with van der Waals surface area (Å²) in [5.41, 5.74) is 1.77. The van der Waals surface area contributed by atoms with E-state index in [-0.39, 0.29) is 10.8 Å². The van der Waals surface area contributed by atoms with Gasteiger partial charge in [0.05, 0.1) is 0 Å². The van der Waals surface area contributed by atoms with E-state index in [1.54, 1.807) is 0 Å². The number of hydrogen-bond acceptors (Lipinski definition) is 0. The molecule has 0 aromatic rings. The number of hydrogen-bond donors (Lipinski definition) is 0. The van der Waals surface area contributed by atoms with Gasteiger partial charge in [0.15, 0.2) is 0 Å². The first-order chi connectivity index (χ1) is 5.85. The summed E-state index contributed by atoms with van der Waals surface area (Å²) in [6.45, 7) is 11.3. The molecule has 0 saturated carbocycles. The molecule has 0 amide bonds. The van der Waals surface area contributed by atoms with E-state index >= 15 is 0 Å². The lowest BCUT2D eigenvalue weighted by atomic mass is 9.68. The highest BCUT2D eigenvalue weighted by atomic mass is 14.4. The molecular weight excluding hydrogens is 156 g/mol. The predicted octanol–water partition coefficient (Wildman–Crippen LogP) is 4.11. The summed E-state index contributed by atoms with van der Waals surface area (Å²) in [4.78, 5) is 0. The van der Waals surface area contributed by atoms with Gasteiger partial charge in [0.2, 0.25) is 0 Å². The zero-order valence-corrected chi connectivity index (χ0v) is 9.39. The largest absolute Gasteiger partial charge is 0.0743 e. The summed E-state index contributed by atoms with van der Waals surface area (Å²) >= 11 is 0. The molecule has 1 unspecified atom stereocenters. The van der Waals surface area contributed by atoms with Gasteiger partial charge in [0.1, 0.15) is 0 Å². The van der Waals surface area contributed by atoms with Gasteiger partial charge in [-0.1, -0.05) is 63.6 Å². The summed E-state index contributed by atoms with van der Waals surface area (Å²) in [6.07, 6.45) is 11.1. The Morgan fingerprint density at radius 2 is 1.77 bits per heavy atom. The molecule has 0 saturated heterocycles. The molecule has 0 spiro atoms. The Kier molecular flexibility index (Phi) is 2.51. The highest BCUT2D eigenvalue weighted by Gasteiger charge is 2.32. The highest BCUT2D eigenvalue weighted by molar-refractivity contribution is 5.31. The average Bonchev–Trinajstić information content (AvgIpc) is 2.13. The van der Waals surface area contributed by atoms with Gasteiger partial charge in [-0.25, -0.2) is 0 Å². The van der Waals surface area contributed by atoms with Crippen LogP contribution in [-0.2, 0) is 0 Å². The van der Waals surface area contributed by atoms with Crippen molar-refractivity contribution in [2.75, 3.05) is 0 Å². The Morgan fingerprint density at radius 1 is 1.15 bits per heavy atom. The van der Waals surface area contributed by atoms with Crippen molar-refractivity contribution in [2.24, 2.45) is 10.8 Å². The molecule has 0 nitrogen and oxygen atoms in total. The second kappa shape index (κ2) is 3.17. The summed E-state index contributed by atoms with van der Waals surface area (Å²) in [7, 11) is 0. The highest BCUT2D eigenvalue weighted by Crippen LogP contribution is 2.41. The Labute approximate surface area is 82.0 Å². The summed E-state index contributed by atoms with van der Waals surface area (Å²) < 4.78 is 0. The van der Waals surface area contributed by atoms with E-state index < -0.39 is 0 Å². The van der Waals surface area contributed by atoms with E-state index in [1.165, 1.54) is 5.57 Å². The van der Waals surface area contributed by atoms with Crippen LogP contribution in [-0.4, -0.2) is 0 Å². The van der Waals surface area contributed by atoms with E-state index in [4.69, 9.17) is 0 Å². The van der Waals surface area contributed by atoms with Crippen LogP contribution >= 0.6 is 0 Å². The summed E-state index contributed by atoms with van der Waals surface area (Å²) in [5.74, 6) is 0. The van der Waals surface area contributed by atoms with Gasteiger partial charge < -0.3 is 0 Å². The fourth-order valence-electron chi connectivity index (χ4n) is 1.32. The lowest BCUT2D eigenvalue weighted by molar-refractivity contribution is 0.228. The molecule has 0 aromatic carbocycles.